The Kier molecular flexibility index (Phi) is 5.05. The van der Waals surface area contributed by atoms with Crippen molar-refractivity contribution in [2.24, 2.45) is 0 Å². The van der Waals surface area contributed by atoms with Gasteiger partial charge in [0.25, 0.3) is 11.8 Å². The van der Waals surface area contributed by atoms with Crippen LogP contribution in [0, 0.1) is 11.6 Å². The summed E-state index contributed by atoms with van der Waals surface area (Å²) in [5, 5.41) is 14.0. The van der Waals surface area contributed by atoms with Gasteiger partial charge in [-0.2, -0.15) is 0 Å². The number of nitrogens with zero attached hydrogens (tertiary/aromatic N) is 1. The number of nitrogens with one attached hydrogen (secondary N) is 2. The molecule has 1 aliphatic heterocycles. The van der Waals surface area contributed by atoms with Gasteiger partial charge in [0.2, 0.25) is 0 Å². The van der Waals surface area contributed by atoms with Gasteiger partial charge >= 0.3 is 0 Å². The van der Waals surface area contributed by atoms with Gasteiger partial charge in [0.05, 0.1) is 5.56 Å². The number of aromatic amines is 1. The molecule has 4 aromatic rings. The number of benzene rings is 3. The van der Waals surface area contributed by atoms with Crippen LogP contribution < -0.4 is 5.32 Å². The topological polar surface area (TPSA) is 85.4 Å². The van der Waals surface area contributed by atoms with E-state index in [9.17, 15) is 23.5 Å². The molecule has 0 spiro atoms. The molecule has 0 atom stereocenters. The summed E-state index contributed by atoms with van der Waals surface area (Å²) in [6, 6.07) is 14.5. The SMILES string of the molecule is O=C(Nc1ccc(C(=O)N2CCc3[nH]c4ccccc4c3C2)c(O)c1)c1cc(F)cc(F)c1. The van der Waals surface area contributed by atoms with Crippen molar-refractivity contribution in [1.29, 1.82) is 0 Å². The van der Waals surface area contributed by atoms with Gasteiger partial charge in [-0.3, -0.25) is 9.59 Å². The predicted octanol–water partition coefficient (Wildman–Crippen LogP) is 4.60. The first-order chi connectivity index (χ1) is 15.9. The number of aromatic nitrogens is 1. The molecule has 0 fully saturated rings. The van der Waals surface area contributed by atoms with Gasteiger partial charge in [-0.1, -0.05) is 18.2 Å². The summed E-state index contributed by atoms with van der Waals surface area (Å²) >= 11 is 0. The molecule has 0 unspecified atom stereocenters. The highest BCUT2D eigenvalue weighted by Crippen LogP contribution is 2.30. The smallest absolute Gasteiger partial charge is 0.257 e. The molecule has 0 bridgehead atoms. The van der Waals surface area contributed by atoms with Crippen molar-refractivity contribution in [2.75, 3.05) is 11.9 Å². The summed E-state index contributed by atoms with van der Waals surface area (Å²) in [4.78, 5) is 30.5. The lowest BCUT2D eigenvalue weighted by Crippen LogP contribution is -2.35. The van der Waals surface area contributed by atoms with E-state index in [1.807, 2.05) is 24.3 Å². The zero-order valence-electron chi connectivity index (χ0n) is 17.4. The maximum absolute atomic E-state index is 13.4. The number of halogens is 2. The Hall–Kier alpha value is -4.20. The number of anilines is 1. The second-order valence-corrected chi connectivity index (χ2v) is 7.95. The Morgan fingerprint density at radius 2 is 1.76 bits per heavy atom. The fourth-order valence-electron chi connectivity index (χ4n) is 4.19. The first-order valence-corrected chi connectivity index (χ1v) is 10.4. The molecule has 2 heterocycles. The summed E-state index contributed by atoms with van der Waals surface area (Å²) in [5.41, 5.74) is 3.30. The highest BCUT2D eigenvalue weighted by atomic mass is 19.1. The minimum Gasteiger partial charge on any atom is -0.507 e. The molecule has 0 saturated heterocycles. The third-order valence-corrected chi connectivity index (χ3v) is 5.78. The molecule has 33 heavy (non-hydrogen) atoms. The van der Waals surface area contributed by atoms with Gasteiger partial charge in [0.15, 0.2) is 0 Å². The molecule has 3 N–H and O–H groups in total. The molecular weight excluding hydrogens is 428 g/mol. The van der Waals surface area contributed by atoms with Crippen molar-refractivity contribution in [3.63, 3.8) is 0 Å². The van der Waals surface area contributed by atoms with Crippen LogP contribution >= 0.6 is 0 Å². The van der Waals surface area contributed by atoms with E-state index >= 15 is 0 Å². The van der Waals surface area contributed by atoms with Crippen LogP contribution in [0.2, 0.25) is 0 Å². The molecule has 0 aliphatic carbocycles. The van der Waals surface area contributed by atoms with Gasteiger partial charge < -0.3 is 20.3 Å². The fourth-order valence-corrected chi connectivity index (χ4v) is 4.19. The summed E-state index contributed by atoms with van der Waals surface area (Å²) in [6.07, 6.45) is 0.675. The van der Waals surface area contributed by atoms with E-state index in [1.54, 1.807) is 4.90 Å². The van der Waals surface area contributed by atoms with Crippen molar-refractivity contribution < 1.29 is 23.5 Å². The van der Waals surface area contributed by atoms with Crippen LogP contribution in [-0.2, 0) is 13.0 Å². The standard InChI is InChI=1S/C25H19F2N3O3/c26-15-9-14(10-16(27)11-15)24(32)28-17-5-6-19(23(31)12-17)25(33)30-8-7-22-20(13-30)18-3-1-2-4-21(18)29-22/h1-6,9-12,29,31H,7-8,13H2,(H,28,32). The summed E-state index contributed by atoms with van der Waals surface area (Å²) in [5.74, 6) is -3.11. The summed E-state index contributed by atoms with van der Waals surface area (Å²) in [6.45, 7) is 0.920. The van der Waals surface area contributed by atoms with Gasteiger partial charge in [-0.05, 0) is 30.3 Å². The zero-order valence-corrected chi connectivity index (χ0v) is 17.4. The average molecular weight is 447 g/mol. The van der Waals surface area contributed by atoms with Crippen molar-refractivity contribution in [3.05, 3.63) is 94.7 Å². The van der Waals surface area contributed by atoms with E-state index in [0.717, 1.165) is 34.3 Å². The highest BCUT2D eigenvalue weighted by Gasteiger charge is 2.26. The van der Waals surface area contributed by atoms with E-state index in [1.165, 1.54) is 18.2 Å². The second-order valence-electron chi connectivity index (χ2n) is 7.95. The molecule has 0 saturated carbocycles. The quantitative estimate of drug-likeness (QED) is 0.429. The molecule has 1 aromatic heterocycles. The van der Waals surface area contributed by atoms with E-state index in [2.05, 4.69) is 10.3 Å². The van der Waals surface area contributed by atoms with Crippen LogP contribution in [0.4, 0.5) is 14.5 Å². The first-order valence-electron chi connectivity index (χ1n) is 10.4. The number of fused-ring (bicyclic) bond motifs is 3. The van der Waals surface area contributed by atoms with Crippen molar-refractivity contribution in [2.45, 2.75) is 13.0 Å². The van der Waals surface area contributed by atoms with Gasteiger partial charge in [-0.15, -0.1) is 0 Å². The molecule has 1 aliphatic rings. The minimum atomic E-state index is -0.871. The summed E-state index contributed by atoms with van der Waals surface area (Å²) < 4.78 is 26.7. The van der Waals surface area contributed by atoms with E-state index < -0.39 is 17.5 Å². The molecule has 2 amide bonds. The molecule has 5 rings (SSSR count). The Morgan fingerprint density at radius 3 is 2.52 bits per heavy atom. The summed E-state index contributed by atoms with van der Waals surface area (Å²) in [7, 11) is 0. The lowest BCUT2D eigenvalue weighted by molar-refractivity contribution is 0.0732. The number of hydrogen-bond donors (Lipinski definition) is 3. The molecule has 6 nitrogen and oxygen atoms in total. The normalized spacial score (nSPS) is 13.1. The van der Waals surface area contributed by atoms with Crippen LogP contribution in [-0.4, -0.2) is 33.3 Å². The number of aromatic hydroxyl groups is 1. The minimum absolute atomic E-state index is 0.105. The average Bonchev–Trinajstić information content (AvgIpc) is 3.16. The zero-order chi connectivity index (χ0) is 23.1. The van der Waals surface area contributed by atoms with Gasteiger partial charge in [-0.25, -0.2) is 8.78 Å². The Morgan fingerprint density at radius 1 is 1.00 bits per heavy atom. The lowest BCUT2D eigenvalue weighted by Gasteiger charge is -2.27. The van der Waals surface area contributed by atoms with Crippen molar-refractivity contribution in [3.8, 4) is 5.75 Å². The second kappa shape index (κ2) is 8.05. The van der Waals surface area contributed by atoms with Gasteiger partial charge in [0.1, 0.15) is 17.4 Å². The van der Waals surface area contributed by atoms with Crippen LogP contribution in [0.25, 0.3) is 10.9 Å². The predicted molar refractivity (Wildman–Crippen MR) is 119 cm³/mol. The number of rotatable bonds is 3. The van der Waals surface area contributed by atoms with Gasteiger partial charge in [0, 0.05) is 65.1 Å². The van der Waals surface area contributed by atoms with E-state index in [-0.39, 0.29) is 28.5 Å². The monoisotopic (exact) mass is 447 g/mol. The molecule has 166 valence electrons. The first kappa shape index (κ1) is 20.7. The number of phenols is 1. The highest BCUT2D eigenvalue weighted by molar-refractivity contribution is 6.05. The molecule has 0 radical (unpaired) electrons. The van der Waals surface area contributed by atoms with Crippen molar-refractivity contribution >= 4 is 28.4 Å². The van der Waals surface area contributed by atoms with Crippen LogP contribution in [0.3, 0.4) is 0 Å². The maximum atomic E-state index is 13.4. The Balaban J connectivity index is 1.34. The third kappa shape index (κ3) is 3.91. The van der Waals surface area contributed by atoms with Crippen LogP contribution in [0.15, 0.2) is 60.7 Å². The fraction of sp³-hybridized carbons (Fsp3) is 0.120. The van der Waals surface area contributed by atoms with E-state index in [4.69, 9.17) is 0 Å². The number of phenolic OH excluding ortho intramolecular Hbond substituents is 1. The number of hydrogen-bond acceptors (Lipinski definition) is 3. The number of amides is 2. The molecular formula is C25H19F2N3O3. The third-order valence-electron chi connectivity index (χ3n) is 5.78. The number of H-pyrrole nitrogens is 1. The molecule has 3 aromatic carbocycles. The number of carbonyl (C=O) groups is 2. The Bertz CT molecular complexity index is 1390. The van der Waals surface area contributed by atoms with Crippen LogP contribution in [0.1, 0.15) is 32.0 Å². The van der Waals surface area contributed by atoms with Crippen LogP contribution in [0.5, 0.6) is 5.75 Å². The van der Waals surface area contributed by atoms with E-state index in [0.29, 0.717) is 25.6 Å². The lowest BCUT2D eigenvalue weighted by atomic mass is 10.0. The maximum Gasteiger partial charge on any atom is 0.257 e. The molecule has 8 heteroatoms. The largest absolute Gasteiger partial charge is 0.507 e. The number of carbonyl (C=O) groups excluding carboxylic acids is 2. The number of para-hydroxylation sites is 1. The Labute approximate surface area is 187 Å². The van der Waals surface area contributed by atoms with Crippen molar-refractivity contribution in [1.82, 2.24) is 9.88 Å².